The lowest BCUT2D eigenvalue weighted by molar-refractivity contribution is 0.961. The van der Waals surface area contributed by atoms with Crippen molar-refractivity contribution in [1.82, 2.24) is 0 Å². The van der Waals surface area contributed by atoms with Crippen molar-refractivity contribution in [3.63, 3.8) is 0 Å². The van der Waals surface area contributed by atoms with Crippen LogP contribution in [0, 0.1) is 20.8 Å². The van der Waals surface area contributed by atoms with Gasteiger partial charge in [-0.3, -0.25) is 0 Å². The van der Waals surface area contributed by atoms with Gasteiger partial charge in [-0.05, 0) is 104 Å². The molecule has 0 aliphatic heterocycles. The highest BCUT2D eigenvalue weighted by molar-refractivity contribution is 7.26. The smallest absolute Gasteiger partial charge is 0.0590 e. The topological polar surface area (TPSA) is 12.0 Å². The lowest BCUT2D eigenvalue weighted by Gasteiger charge is -2.08. The molecule has 0 unspecified atom stereocenters. The molecule has 2 heteroatoms. The van der Waals surface area contributed by atoms with Gasteiger partial charge < -0.3 is 5.32 Å². The number of hydrogen-bond donors (Lipinski definition) is 1. The Hall–Kier alpha value is -6.48. The molecule has 302 valence electrons. The van der Waals surface area contributed by atoms with Gasteiger partial charge in [0.05, 0.1) is 10.4 Å². The number of hydrogen-bond acceptors (Lipinski definition) is 2. The summed E-state index contributed by atoms with van der Waals surface area (Å²) in [5.41, 5.74) is 14.2. The van der Waals surface area contributed by atoms with Crippen LogP contribution in [0.5, 0.6) is 0 Å². The zero-order valence-corrected chi connectivity index (χ0v) is 36.8. The SMILES string of the molecule is C=C/C(=C\C=C/C)c1cccc(C)c1.C=CCCC.Cc1cccc(-c2ccccc2)c1.Cc1cccc(Nc2cccc3c2sc2ccccc23)c1.c1ccc2c(c1)C2. The minimum Gasteiger partial charge on any atom is -0.354 e. The third-order valence-electron chi connectivity index (χ3n) is 9.73. The van der Waals surface area contributed by atoms with Crippen LogP contribution in [0.1, 0.15) is 60.1 Å². The predicted molar refractivity (Wildman–Crippen MR) is 269 cm³/mol. The molecule has 8 aromatic rings. The minimum absolute atomic E-state index is 1.14. The number of aryl methyl sites for hydroxylation is 3. The molecule has 0 amide bonds. The molecule has 1 heterocycles. The average Bonchev–Trinajstić information content (AvgIpc) is 3.97. The summed E-state index contributed by atoms with van der Waals surface area (Å²) in [5, 5.41) is 6.22. The molecule has 7 aromatic carbocycles. The summed E-state index contributed by atoms with van der Waals surface area (Å²) in [6.07, 6.45) is 13.5. The first-order chi connectivity index (χ1) is 29.3. The number of benzene rings is 7. The second-order valence-corrected chi connectivity index (χ2v) is 15.8. The van der Waals surface area contributed by atoms with Crippen LogP contribution in [-0.2, 0) is 6.42 Å². The van der Waals surface area contributed by atoms with E-state index >= 15 is 0 Å². The van der Waals surface area contributed by atoms with E-state index in [-0.39, 0.29) is 0 Å². The fraction of sp³-hybridized carbons (Fsp3) is 0.138. The first kappa shape index (κ1) is 44.6. The van der Waals surface area contributed by atoms with Gasteiger partial charge in [-0.25, -0.2) is 0 Å². The van der Waals surface area contributed by atoms with Crippen LogP contribution < -0.4 is 5.32 Å². The van der Waals surface area contributed by atoms with Gasteiger partial charge in [-0.15, -0.1) is 17.9 Å². The predicted octanol–water partition coefficient (Wildman–Crippen LogP) is 17.5. The number of fused-ring (bicyclic) bond motifs is 4. The first-order valence-corrected chi connectivity index (χ1v) is 21.7. The maximum atomic E-state index is 3.82. The largest absolute Gasteiger partial charge is 0.354 e. The number of nitrogens with one attached hydrogen (secondary N) is 1. The number of allylic oxidation sites excluding steroid dienone is 6. The van der Waals surface area contributed by atoms with Crippen LogP contribution >= 0.6 is 11.3 Å². The number of thiophene rings is 1. The van der Waals surface area contributed by atoms with Crippen molar-refractivity contribution in [3.05, 3.63) is 247 Å². The molecule has 0 bridgehead atoms. The molecule has 9 rings (SSSR count). The van der Waals surface area contributed by atoms with Gasteiger partial charge in [0, 0.05) is 21.2 Å². The van der Waals surface area contributed by atoms with E-state index in [2.05, 4.69) is 216 Å². The second kappa shape index (κ2) is 23.8. The lowest BCUT2D eigenvalue weighted by Crippen LogP contribution is -1.90. The molecule has 0 saturated heterocycles. The molecule has 0 spiro atoms. The van der Waals surface area contributed by atoms with E-state index in [0.29, 0.717) is 0 Å². The third kappa shape index (κ3) is 13.8. The van der Waals surface area contributed by atoms with Crippen LogP contribution in [0.25, 0.3) is 36.9 Å². The molecule has 1 N–H and O–H groups in total. The number of rotatable bonds is 8. The molecule has 1 aliphatic rings. The van der Waals surface area contributed by atoms with E-state index in [0.717, 1.165) is 17.7 Å². The van der Waals surface area contributed by atoms with Crippen molar-refractivity contribution in [2.75, 3.05) is 5.32 Å². The van der Waals surface area contributed by atoms with Crippen molar-refractivity contribution in [2.45, 2.75) is 53.9 Å². The Morgan fingerprint density at radius 3 is 1.83 bits per heavy atom. The van der Waals surface area contributed by atoms with Gasteiger partial charge in [0.1, 0.15) is 0 Å². The van der Waals surface area contributed by atoms with E-state index < -0.39 is 0 Å². The van der Waals surface area contributed by atoms with E-state index in [1.807, 2.05) is 48.6 Å². The molecular weight excluding hydrogens is 743 g/mol. The van der Waals surface area contributed by atoms with Crippen LogP contribution in [0.15, 0.2) is 213 Å². The third-order valence-corrected chi connectivity index (χ3v) is 11.0. The molecule has 0 fully saturated rings. The molecule has 60 heavy (non-hydrogen) atoms. The van der Waals surface area contributed by atoms with Crippen molar-refractivity contribution < 1.29 is 0 Å². The van der Waals surface area contributed by atoms with Gasteiger partial charge in [0.25, 0.3) is 0 Å². The minimum atomic E-state index is 1.14. The molecule has 0 radical (unpaired) electrons. The summed E-state index contributed by atoms with van der Waals surface area (Å²) in [6, 6.07) is 59.5. The van der Waals surface area contributed by atoms with Crippen molar-refractivity contribution in [2.24, 2.45) is 0 Å². The van der Waals surface area contributed by atoms with Crippen LogP contribution in [0.3, 0.4) is 0 Å². The zero-order valence-electron chi connectivity index (χ0n) is 36.0. The monoisotopic (exact) mass is 801 g/mol. The molecule has 1 nitrogen and oxygen atoms in total. The summed E-state index contributed by atoms with van der Waals surface area (Å²) >= 11 is 1.85. The van der Waals surface area contributed by atoms with Crippen molar-refractivity contribution in [3.8, 4) is 11.1 Å². The molecule has 1 aromatic heterocycles. The summed E-state index contributed by atoms with van der Waals surface area (Å²) in [7, 11) is 0. The van der Waals surface area contributed by atoms with Crippen molar-refractivity contribution in [1.29, 1.82) is 0 Å². The molecule has 0 atom stereocenters. The Balaban J connectivity index is 0.000000154. The van der Waals surface area contributed by atoms with Crippen molar-refractivity contribution >= 4 is 48.5 Å². The summed E-state index contributed by atoms with van der Waals surface area (Å²) in [4.78, 5) is 0. The summed E-state index contributed by atoms with van der Waals surface area (Å²) in [6.45, 7) is 17.8. The molecular formula is C58H59NS. The highest BCUT2D eigenvalue weighted by Crippen LogP contribution is 2.39. The van der Waals surface area contributed by atoms with Gasteiger partial charge in [-0.1, -0.05) is 207 Å². The normalized spacial score (nSPS) is 11.0. The Morgan fingerprint density at radius 1 is 0.617 bits per heavy atom. The van der Waals surface area contributed by atoms with Gasteiger partial charge >= 0.3 is 0 Å². The Kier molecular flexibility index (Phi) is 17.7. The average molecular weight is 802 g/mol. The standard InChI is InChI=1S/C19H15NS.C14H16.C13H12.C7H6.C5H10/c1-13-6-4-7-14(12-13)20-17-10-5-9-16-15-8-2-3-11-18(15)21-19(16)17;1-4-6-9-13(5-2)14-10-7-8-12(3)11-14;1-11-6-5-9-13(10-11)12-7-3-2-4-8-12;1-2-4-7-5-6(7)3-1;1-3-5-4-2/h2-12,20H,1H3;4-11H,2H2,1,3H3;2-10H,1H3;1-4H,5H2;3H,1,4-5H2,2H3/b;6-4-,13-9+;;;. The van der Waals surface area contributed by atoms with E-state index in [4.69, 9.17) is 0 Å². The summed E-state index contributed by atoms with van der Waals surface area (Å²) in [5.74, 6) is 0. The van der Waals surface area contributed by atoms with Crippen LogP contribution in [0.2, 0.25) is 0 Å². The molecule has 1 aliphatic carbocycles. The van der Waals surface area contributed by atoms with E-state index in [1.54, 1.807) is 0 Å². The first-order valence-electron chi connectivity index (χ1n) is 20.9. The Labute approximate surface area is 363 Å². The summed E-state index contributed by atoms with van der Waals surface area (Å²) < 4.78 is 2.66. The highest BCUT2D eigenvalue weighted by atomic mass is 32.1. The second-order valence-electron chi connectivity index (χ2n) is 14.8. The highest BCUT2D eigenvalue weighted by Gasteiger charge is 2.12. The van der Waals surface area contributed by atoms with Gasteiger partial charge in [0.15, 0.2) is 0 Å². The maximum Gasteiger partial charge on any atom is 0.0590 e. The fourth-order valence-corrected chi connectivity index (χ4v) is 7.70. The fourth-order valence-electron chi connectivity index (χ4n) is 6.53. The maximum absolute atomic E-state index is 3.82. The van der Waals surface area contributed by atoms with Gasteiger partial charge in [0.2, 0.25) is 0 Å². The number of unbranched alkanes of at least 4 members (excludes halogenated alkanes) is 1. The van der Waals surface area contributed by atoms with E-state index in [9.17, 15) is 0 Å². The van der Waals surface area contributed by atoms with Gasteiger partial charge in [-0.2, -0.15) is 0 Å². The van der Waals surface area contributed by atoms with E-state index in [1.165, 1.54) is 83.2 Å². The number of anilines is 2. The Bertz CT molecular complexity index is 2620. The molecule has 0 saturated carbocycles. The Morgan fingerprint density at radius 2 is 1.22 bits per heavy atom. The lowest BCUT2D eigenvalue weighted by atomic mass is 10.0. The van der Waals surface area contributed by atoms with Crippen LogP contribution in [-0.4, -0.2) is 0 Å². The quantitative estimate of drug-likeness (QED) is 0.119. The van der Waals surface area contributed by atoms with Crippen LogP contribution in [0.4, 0.5) is 11.4 Å². The zero-order chi connectivity index (χ0) is 42.5.